The van der Waals surface area contributed by atoms with Crippen LogP contribution < -0.4 is 10.6 Å². The lowest BCUT2D eigenvalue weighted by Gasteiger charge is -2.11. The van der Waals surface area contributed by atoms with E-state index in [0.29, 0.717) is 25.1 Å². The molecule has 0 heterocycles. The highest BCUT2D eigenvalue weighted by Gasteiger charge is 2.29. The van der Waals surface area contributed by atoms with Crippen LogP contribution in [-0.4, -0.2) is 32.9 Å². The average Bonchev–Trinajstić information content (AvgIpc) is 2.46. The van der Waals surface area contributed by atoms with E-state index in [4.69, 9.17) is 12.2 Å². The molecule has 0 spiro atoms. The summed E-state index contributed by atoms with van der Waals surface area (Å²) in [4.78, 5) is 0. The van der Waals surface area contributed by atoms with Crippen molar-refractivity contribution < 1.29 is 25.8 Å². The van der Waals surface area contributed by atoms with Crippen LogP contribution in [0.3, 0.4) is 0 Å². The summed E-state index contributed by atoms with van der Waals surface area (Å²) >= 11 is 5.00. The van der Waals surface area contributed by atoms with Crippen molar-refractivity contribution in [2.75, 3.05) is 24.7 Å². The Hall–Kier alpha value is -1.39. The highest BCUT2D eigenvalue weighted by atomic mass is 32.2. The van der Waals surface area contributed by atoms with Gasteiger partial charge in [-0.3, -0.25) is 4.18 Å². The number of hydrogen-bond acceptors (Lipinski definition) is 4. The number of unbranched alkanes of at least 4 members (excludes halogenated alkanes) is 1. The van der Waals surface area contributed by atoms with Crippen molar-refractivity contribution >= 4 is 33.1 Å². The van der Waals surface area contributed by atoms with Crippen LogP contribution in [0.2, 0.25) is 0 Å². The minimum absolute atomic E-state index is 0.0791. The first-order valence-electron chi connectivity index (χ1n) is 6.64. The summed E-state index contributed by atoms with van der Waals surface area (Å²) in [6.45, 7) is 0.436. The molecule has 0 fully saturated rings. The Balaban J connectivity index is 2.32. The standard InChI is InChI=1S/C13H17F3N2O3S2/c1-21-23(19,20)9-3-2-8-17-12(22)18-11-6-4-10(5-7-11)13(14,15)16/h4-7H,2-3,8-9H2,1H3,(H2,17,18,22). The van der Waals surface area contributed by atoms with Gasteiger partial charge in [-0.2, -0.15) is 21.6 Å². The molecule has 130 valence electrons. The maximum atomic E-state index is 12.4. The molecule has 0 aliphatic carbocycles. The van der Waals surface area contributed by atoms with E-state index >= 15 is 0 Å². The molecular weight excluding hydrogens is 353 g/mol. The Morgan fingerprint density at radius 1 is 1.22 bits per heavy atom. The number of benzene rings is 1. The first-order valence-corrected chi connectivity index (χ1v) is 8.63. The van der Waals surface area contributed by atoms with Crippen LogP contribution in [0.25, 0.3) is 0 Å². The minimum atomic E-state index is -4.38. The highest BCUT2D eigenvalue weighted by molar-refractivity contribution is 7.86. The normalized spacial score (nSPS) is 12.0. The molecule has 23 heavy (non-hydrogen) atoms. The van der Waals surface area contributed by atoms with Gasteiger partial charge in [0.1, 0.15) is 0 Å². The van der Waals surface area contributed by atoms with Crippen molar-refractivity contribution in [3.63, 3.8) is 0 Å². The minimum Gasteiger partial charge on any atom is -0.362 e. The van der Waals surface area contributed by atoms with Crippen molar-refractivity contribution in [2.24, 2.45) is 0 Å². The Bertz CT molecular complexity index is 616. The Morgan fingerprint density at radius 2 is 1.83 bits per heavy atom. The fraction of sp³-hybridized carbons (Fsp3) is 0.462. The molecule has 10 heteroatoms. The number of anilines is 1. The summed E-state index contributed by atoms with van der Waals surface area (Å²) in [6.07, 6.45) is -3.41. The van der Waals surface area contributed by atoms with E-state index in [2.05, 4.69) is 14.8 Å². The predicted octanol–water partition coefficient (Wildman–Crippen LogP) is 2.75. The largest absolute Gasteiger partial charge is 0.416 e. The van der Waals surface area contributed by atoms with Crippen LogP contribution >= 0.6 is 12.2 Å². The fourth-order valence-electron chi connectivity index (χ4n) is 1.61. The molecule has 0 radical (unpaired) electrons. The molecule has 0 saturated carbocycles. The number of halogens is 3. The van der Waals surface area contributed by atoms with Crippen LogP contribution in [0.15, 0.2) is 24.3 Å². The Labute approximate surface area is 138 Å². The maximum Gasteiger partial charge on any atom is 0.416 e. The second kappa shape index (κ2) is 8.46. The van der Waals surface area contributed by atoms with E-state index in [1.807, 2.05) is 0 Å². The summed E-state index contributed by atoms with van der Waals surface area (Å²) in [7, 11) is -2.35. The van der Waals surface area contributed by atoms with Crippen LogP contribution in [0.4, 0.5) is 18.9 Å². The molecule has 0 amide bonds. The van der Waals surface area contributed by atoms with Gasteiger partial charge in [0.05, 0.1) is 18.4 Å². The molecule has 0 bridgehead atoms. The van der Waals surface area contributed by atoms with Gasteiger partial charge < -0.3 is 10.6 Å². The number of nitrogens with one attached hydrogen (secondary N) is 2. The number of alkyl halides is 3. The molecule has 0 saturated heterocycles. The zero-order valence-electron chi connectivity index (χ0n) is 12.3. The van der Waals surface area contributed by atoms with Gasteiger partial charge >= 0.3 is 6.18 Å². The van der Waals surface area contributed by atoms with E-state index in [9.17, 15) is 21.6 Å². The molecule has 5 nitrogen and oxygen atoms in total. The summed E-state index contributed by atoms with van der Waals surface area (Å²) in [5, 5.41) is 5.84. The average molecular weight is 370 g/mol. The second-order valence-electron chi connectivity index (χ2n) is 4.59. The van der Waals surface area contributed by atoms with Crippen molar-refractivity contribution in [2.45, 2.75) is 19.0 Å². The van der Waals surface area contributed by atoms with Gasteiger partial charge in [-0.15, -0.1) is 0 Å². The second-order valence-corrected chi connectivity index (χ2v) is 6.86. The highest BCUT2D eigenvalue weighted by Crippen LogP contribution is 2.29. The predicted molar refractivity (Wildman–Crippen MR) is 85.7 cm³/mol. The number of hydrogen-bond donors (Lipinski definition) is 2. The van der Waals surface area contributed by atoms with Gasteiger partial charge in [0.15, 0.2) is 5.11 Å². The third kappa shape index (κ3) is 7.62. The van der Waals surface area contributed by atoms with E-state index in [-0.39, 0.29) is 10.9 Å². The summed E-state index contributed by atoms with van der Waals surface area (Å²) in [5.41, 5.74) is -0.307. The summed E-state index contributed by atoms with van der Waals surface area (Å²) < 4.78 is 63.7. The molecule has 0 unspecified atom stereocenters. The van der Waals surface area contributed by atoms with Crippen molar-refractivity contribution in [3.8, 4) is 0 Å². The topological polar surface area (TPSA) is 67.4 Å². The van der Waals surface area contributed by atoms with Crippen LogP contribution in [0, 0.1) is 0 Å². The number of rotatable bonds is 7. The van der Waals surface area contributed by atoms with Crippen LogP contribution in [0.5, 0.6) is 0 Å². The SMILES string of the molecule is COS(=O)(=O)CCCCNC(=S)Nc1ccc(C(F)(F)F)cc1. The lowest BCUT2D eigenvalue weighted by molar-refractivity contribution is -0.137. The molecule has 1 aromatic rings. The third-order valence-corrected chi connectivity index (χ3v) is 4.37. The van der Waals surface area contributed by atoms with Crippen LogP contribution in [0.1, 0.15) is 18.4 Å². The van der Waals surface area contributed by atoms with E-state index in [0.717, 1.165) is 19.2 Å². The van der Waals surface area contributed by atoms with Gasteiger partial charge in [0, 0.05) is 12.2 Å². The summed E-state index contributed by atoms with van der Waals surface area (Å²) in [5.74, 6) is -0.0791. The molecule has 0 atom stereocenters. The van der Waals surface area contributed by atoms with Gasteiger partial charge in [0.25, 0.3) is 10.1 Å². The van der Waals surface area contributed by atoms with Gasteiger partial charge in [-0.1, -0.05) is 0 Å². The van der Waals surface area contributed by atoms with Gasteiger partial charge in [0.2, 0.25) is 0 Å². The van der Waals surface area contributed by atoms with Gasteiger partial charge in [-0.05, 0) is 49.3 Å². The Morgan fingerprint density at radius 3 is 2.35 bits per heavy atom. The molecule has 1 rings (SSSR count). The first kappa shape index (κ1) is 19.7. The van der Waals surface area contributed by atoms with E-state index in [1.54, 1.807) is 0 Å². The van der Waals surface area contributed by atoms with Crippen molar-refractivity contribution in [1.82, 2.24) is 5.32 Å². The van der Waals surface area contributed by atoms with Crippen molar-refractivity contribution in [1.29, 1.82) is 0 Å². The van der Waals surface area contributed by atoms with Crippen LogP contribution in [-0.2, 0) is 20.5 Å². The quantitative estimate of drug-likeness (QED) is 0.437. The molecule has 0 aliphatic heterocycles. The summed E-state index contributed by atoms with van der Waals surface area (Å²) in [6, 6.07) is 4.48. The molecule has 0 aromatic heterocycles. The monoisotopic (exact) mass is 370 g/mol. The molecular formula is C13H17F3N2O3S2. The zero-order valence-corrected chi connectivity index (χ0v) is 13.9. The maximum absolute atomic E-state index is 12.4. The number of thiocarbonyl (C=S) groups is 1. The first-order chi connectivity index (χ1) is 10.6. The fourth-order valence-corrected chi connectivity index (χ4v) is 2.55. The Kier molecular flexibility index (Phi) is 7.23. The molecule has 2 N–H and O–H groups in total. The van der Waals surface area contributed by atoms with E-state index in [1.165, 1.54) is 12.1 Å². The third-order valence-electron chi connectivity index (χ3n) is 2.83. The lowest BCUT2D eigenvalue weighted by Crippen LogP contribution is -2.29. The zero-order chi connectivity index (χ0) is 17.5. The molecule has 1 aromatic carbocycles. The van der Waals surface area contributed by atoms with E-state index < -0.39 is 21.9 Å². The van der Waals surface area contributed by atoms with Crippen molar-refractivity contribution in [3.05, 3.63) is 29.8 Å². The lowest BCUT2D eigenvalue weighted by atomic mass is 10.2. The smallest absolute Gasteiger partial charge is 0.362 e. The van der Waals surface area contributed by atoms with Gasteiger partial charge in [-0.25, -0.2) is 0 Å². The molecule has 0 aliphatic rings.